The molecule has 96 valence electrons. The number of methoxy groups -OCH3 is 1. The van der Waals surface area contributed by atoms with E-state index in [1.807, 2.05) is 6.07 Å². The lowest BCUT2D eigenvalue weighted by molar-refractivity contribution is 0.360. The smallest absolute Gasteiger partial charge is 0.330 e. The molecule has 0 radical (unpaired) electrons. The molecule has 7 heteroatoms. The molecule has 0 unspecified atom stereocenters. The number of anilines is 1. The molecule has 0 saturated heterocycles. The standard InChI is InChI=1S/C12H11N5O2/c1-14-10-15-11(18-2)17-12(16-10)19-9-5-3-4-8(6-9)7-13/h3-6H,1-2H3,(H,14,15,16,17). The van der Waals surface area contributed by atoms with E-state index in [0.29, 0.717) is 17.3 Å². The van der Waals surface area contributed by atoms with Crippen LogP contribution in [0.15, 0.2) is 24.3 Å². The number of hydrogen-bond donors (Lipinski definition) is 1. The van der Waals surface area contributed by atoms with Crippen molar-refractivity contribution < 1.29 is 9.47 Å². The van der Waals surface area contributed by atoms with Crippen LogP contribution in [0.25, 0.3) is 0 Å². The zero-order valence-electron chi connectivity index (χ0n) is 10.4. The van der Waals surface area contributed by atoms with Crippen LogP contribution in [0.1, 0.15) is 5.56 Å². The molecule has 0 spiro atoms. The molecule has 0 aliphatic heterocycles. The Kier molecular flexibility index (Phi) is 3.73. The van der Waals surface area contributed by atoms with Crippen LogP contribution in [0.3, 0.4) is 0 Å². The molecular formula is C12H11N5O2. The first-order valence-electron chi connectivity index (χ1n) is 5.41. The summed E-state index contributed by atoms with van der Waals surface area (Å²) in [6.45, 7) is 0. The highest BCUT2D eigenvalue weighted by atomic mass is 16.5. The van der Waals surface area contributed by atoms with Crippen LogP contribution in [-0.4, -0.2) is 29.1 Å². The van der Waals surface area contributed by atoms with Crippen molar-refractivity contribution in [2.75, 3.05) is 19.5 Å². The van der Waals surface area contributed by atoms with Gasteiger partial charge in [-0.1, -0.05) is 6.07 Å². The first-order chi connectivity index (χ1) is 9.25. The molecule has 0 saturated carbocycles. The van der Waals surface area contributed by atoms with E-state index in [1.54, 1.807) is 31.3 Å². The first kappa shape index (κ1) is 12.6. The molecule has 0 fully saturated rings. The number of nitriles is 1. The zero-order chi connectivity index (χ0) is 13.7. The van der Waals surface area contributed by atoms with E-state index >= 15 is 0 Å². The fourth-order valence-corrected chi connectivity index (χ4v) is 1.32. The Hall–Kier alpha value is -2.88. The van der Waals surface area contributed by atoms with Crippen molar-refractivity contribution in [3.63, 3.8) is 0 Å². The molecule has 1 heterocycles. The maximum Gasteiger partial charge on any atom is 0.330 e. The highest BCUT2D eigenvalue weighted by Crippen LogP contribution is 2.21. The van der Waals surface area contributed by atoms with E-state index in [-0.39, 0.29) is 12.0 Å². The van der Waals surface area contributed by atoms with E-state index < -0.39 is 0 Å². The molecule has 1 aromatic heterocycles. The number of nitrogens with zero attached hydrogens (tertiary/aromatic N) is 4. The van der Waals surface area contributed by atoms with Crippen molar-refractivity contribution in [1.82, 2.24) is 15.0 Å². The minimum absolute atomic E-state index is 0.0892. The molecule has 0 bridgehead atoms. The number of rotatable bonds is 4. The highest BCUT2D eigenvalue weighted by Gasteiger charge is 2.08. The van der Waals surface area contributed by atoms with Crippen molar-refractivity contribution in [2.45, 2.75) is 0 Å². The van der Waals surface area contributed by atoms with Gasteiger partial charge in [0.05, 0.1) is 18.7 Å². The van der Waals surface area contributed by atoms with Crippen molar-refractivity contribution in [3.05, 3.63) is 29.8 Å². The quantitative estimate of drug-likeness (QED) is 0.888. The third-order valence-electron chi connectivity index (χ3n) is 2.17. The van der Waals surface area contributed by atoms with Crippen molar-refractivity contribution in [3.8, 4) is 23.8 Å². The van der Waals surface area contributed by atoms with Gasteiger partial charge in [0, 0.05) is 7.05 Å². The van der Waals surface area contributed by atoms with Gasteiger partial charge in [-0.15, -0.1) is 4.98 Å². The minimum atomic E-state index is 0.0892. The first-order valence-corrected chi connectivity index (χ1v) is 5.41. The molecule has 7 nitrogen and oxygen atoms in total. The number of aromatic nitrogens is 3. The molecule has 1 N–H and O–H groups in total. The number of benzene rings is 1. The fourth-order valence-electron chi connectivity index (χ4n) is 1.32. The predicted octanol–water partition coefficient (Wildman–Crippen LogP) is 1.59. The SMILES string of the molecule is CNc1nc(OC)nc(Oc2cccc(C#N)c2)n1. The molecular weight excluding hydrogens is 246 g/mol. The molecule has 0 aliphatic rings. The lowest BCUT2D eigenvalue weighted by Crippen LogP contribution is -2.03. The summed E-state index contributed by atoms with van der Waals surface area (Å²) in [7, 11) is 3.13. The van der Waals surface area contributed by atoms with Crippen molar-refractivity contribution >= 4 is 5.95 Å². The monoisotopic (exact) mass is 257 g/mol. The molecule has 0 atom stereocenters. The second-order valence-electron chi connectivity index (χ2n) is 3.42. The highest BCUT2D eigenvalue weighted by molar-refractivity contribution is 5.37. The van der Waals surface area contributed by atoms with Crippen molar-refractivity contribution in [2.24, 2.45) is 0 Å². The second-order valence-corrected chi connectivity index (χ2v) is 3.42. The van der Waals surface area contributed by atoms with Crippen LogP contribution in [0, 0.1) is 11.3 Å². The lowest BCUT2D eigenvalue weighted by atomic mass is 10.2. The summed E-state index contributed by atoms with van der Waals surface area (Å²) in [6.07, 6.45) is 0. The topological polar surface area (TPSA) is 93.0 Å². The largest absolute Gasteiger partial charge is 0.467 e. The van der Waals surface area contributed by atoms with Gasteiger partial charge >= 0.3 is 12.0 Å². The van der Waals surface area contributed by atoms with Gasteiger partial charge in [0.1, 0.15) is 5.75 Å². The summed E-state index contributed by atoms with van der Waals surface area (Å²) in [4.78, 5) is 12.0. The summed E-state index contributed by atoms with van der Waals surface area (Å²) < 4.78 is 10.4. The van der Waals surface area contributed by atoms with Gasteiger partial charge in [0.25, 0.3) is 0 Å². The van der Waals surface area contributed by atoms with Gasteiger partial charge in [0.15, 0.2) is 0 Å². The van der Waals surface area contributed by atoms with E-state index in [4.69, 9.17) is 14.7 Å². The third-order valence-corrected chi connectivity index (χ3v) is 2.17. The third kappa shape index (κ3) is 3.07. The van der Waals surface area contributed by atoms with Crippen LogP contribution in [-0.2, 0) is 0 Å². The van der Waals surface area contributed by atoms with Gasteiger partial charge in [-0.3, -0.25) is 0 Å². The molecule has 19 heavy (non-hydrogen) atoms. The number of hydrogen-bond acceptors (Lipinski definition) is 7. The predicted molar refractivity (Wildman–Crippen MR) is 67.2 cm³/mol. The molecule has 2 rings (SSSR count). The maximum absolute atomic E-state index is 8.82. The van der Waals surface area contributed by atoms with E-state index in [1.165, 1.54) is 7.11 Å². The summed E-state index contributed by atoms with van der Waals surface area (Å²) >= 11 is 0. The molecule has 1 aromatic carbocycles. The van der Waals surface area contributed by atoms with Gasteiger partial charge < -0.3 is 14.8 Å². The van der Waals surface area contributed by atoms with E-state index in [2.05, 4.69) is 20.3 Å². The van der Waals surface area contributed by atoms with Crippen LogP contribution < -0.4 is 14.8 Å². The second kappa shape index (κ2) is 5.64. The Bertz CT molecular complexity index is 602. The van der Waals surface area contributed by atoms with Gasteiger partial charge in [-0.05, 0) is 18.2 Å². The van der Waals surface area contributed by atoms with Gasteiger partial charge in [-0.2, -0.15) is 15.2 Å². The summed E-state index contributed by atoms with van der Waals surface area (Å²) in [5.74, 6) is 0.799. The van der Waals surface area contributed by atoms with E-state index in [9.17, 15) is 0 Å². The average molecular weight is 257 g/mol. The van der Waals surface area contributed by atoms with Crippen LogP contribution >= 0.6 is 0 Å². The van der Waals surface area contributed by atoms with Gasteiger partial charge in [0.2, 0.25) is 5.95 Å². The maximum atomic E-state index is 8.82. The lowest BCUT2D eigenvalue weighted by Gasteiger charge is -2.06. The van der Waals surface area contributed by atoms with Crippen LogP contribution in [0.2, 0.25) is 0 Å². The normalized spacial score (nSPS) is 9.53. The molecule has 0 aliphatic carbocycles. The van der Waals surface area contributed by atoms with Crippen LogP contribution in [0.5, 0.6) is 17.8 Å². The fraction of sp³-hybridized carbons (Fsp3) is 0.167. The minimum Gasteiger partial charge on any atom is -0.467 e. The number of nitrogens with one attached hydrogen (secondary N) is 1. The molecule has 2 aromatic rings. The number of ether oxygens (including phenoxy) is 2. The summed E-state index contributed by atoms with van der Waals surface area (Å²) in [5, 5.41) is 11.6. The zero-order valence-corrected chi connectivity index (χ0v) is 10.4. The Morgan fingerprint density at radius 2 is 2.00 bits per heavy atom. The van der Waals surface area contributed by atoms with Gasteiger partial charge in [-0.25, -0.2) is 0 Å². The van der Waals surface area contributed by atoms with Crippen LogP contribution in [0.4, 0.5) is 5.95 Å². The Labute approximate surface area is 109 Å². The Balaban J connectivity index is 2.29. The van der Waals surface area contributed by atoms with Crippen molar-refractivity contribution in [1.29, 1.82) is 5.26 Å². The van der Waals surface area contributed by atoms with E-state index in [0.717, 1.165) is 0 Å². The summed E-state index contributed by atoms with van der Waals surface area (Å²) in [6, 6.07) is 8.95. The Morgan fingerprint density at radius 3 is 2.68 bits per heavy atom. The molecule has 0 amide bonds. The average Bonchev–Trinajstić information content (AvgIpc) is 2.47. The Morgan fingerprint density at radius 1 is 1.21 bits per heavy atom. The summed E-state index contributed by atoms with van der Waals surface area (Å²) in [5.41, 5.74) is 0.493.